The lowest BCUT2D eigenvalue weighted by Gasteiger charge is -2.31. The number of rotatable bonds is 2. The summed E-state index contributed by atoms with van der Waals surface area (Å²) in [6, 6.07) is 7.70. The number of para-hydroxylation sites is 1. The van der Waals surface area contributed by atoms with E-state index < -0.39 is 0 Å². The number of carbonyl (C=O) groups is 1. The molecule has 98 valence electrons. The summed E-state index contributed by atoms with van der Waals surface area (Å²) < 4.78 is 5.25. The van der Waals surface area contributed by atoms with Crippen LogP contribution in [-0.2, 0) is 11.3 Å². The van der Waals surface area contributed by atoms with E-state index in [0.717, 1.165) is 11.3 Å². The monoisotopic (exact) mass is 249 g/mol. The summed E-state index contributed by atoms with van der Waals surface area (Å²) in [5.74, 6) is 0. The van der Waals surface area contributed by atoms with E-state index in [0.29, 0.717) is 32.8 Å². The highest BCUT2D eigenvalue weighted by Gasteiger charge is 2.22. The Bertz CT molecular complexity index is 416. The summed E-state index contributed by atoms with van der Waals surface area (Å²) in [4.78, 5) is 15.8. The molecule has 0 unspecified atom stereocenters. The van der Waals surface area contributed by atoms with E-state index >= 15 is 0 Å². The second kappa shape index (κ2) is 5.84. The first-order chi connectivity index (χ1) is 8.74. The van der Waals surface area contributed by atoms with Crippen molar-refractivity contribution in [2.24, 2.45) is 5.73 Å². The zero-order valence-corrected chi connectivity index (χ0v) is 10.6. The SMILES string of the molecule is CN(C(=O)N1CCOCC1)c1ccccc1CN. The summed E-state index contributed by atoms with van der Waals surface area (Å²) in [5, 5.41) is 0. The number of hydrogen-bond donors (Lipinski definition) is 1. The van der Waals surface area contributed by atoms with Crippen molar-refractivity contribution in [3.05, 3.63) is 29.8 Å². The lowest BCUT2D eigenvalue weighted by Crippen LogP contribution is -2.47. The Morgan fingerprint density at radius 3 is 2.72 bits per heavy atom. The number of urea groups is 1. The number of amides is 2. The quantitative estimate of drug-likeness (QED) is 0.851. The Labute approximate surface area is 107 Å². The van der Waals surface area contributed by atoms with Crippen LogP contribution >= 0.6 is 0 Å². The number of anilines is 1. The fourth-order valence-corrected chi connectivity index (χ4v) is 2.08. The van der Waals surface area contributed by atoms with E-state index in [1.165, 1.54) is 0 Å². The standard InChI is InChI=1S/C13H19N3O2/c1-15(12-5-3-2-4-11(12)10-14)13(17)16-6-8-18-9-7-16/h2-5H,6-10,14H2,1H3. The Morgan fingerprint density at radius 2 is 2.06 bits per heavy atom. The average Bonchev–Trinajstić information content (AvgIpc) is 2.46. The third kappa shape index (κ3) is 2.63. The summed E-state index contributed by atoms with van der Waals surface area (Å²) in [5.41, 5.74) is 7.54. The molecule has 2 rings (SSSR count). The maximum absolute atomic E-state index is 12.3. The predicted molar refractivity (Wildman–Crippen MR) is 70.5 cm³/mol. The number of morpholine rings is 1. The molecule has 5 heteroatoms. The van der Waals surface area contributed by atoms with Crippen LogP contribution in [0.2, 0.25) is 0 Å². The van der Waals surface area contributed by atoms with Crippen molar-refractivity contribution in [2.45, 2.75) is 6.54 Å². The van der Waals surface area contributed by atoms with Gasteiger partial charge >= 0.3 is 6.03 Å². The Balaban J connectivity index is 2.14. The van der Waals surface area contributed by atoms with Gasteiger partial charge in [-0.05, 0) is 11.6 Å². The average molecular weight is 249 g/mol. The van der Waals surface area contributed by atoms with Crippen LogP contribution in [0.5, 0.6) is 0 Å². The summed E-state index contributed by atoms with van der Waals surface area (Å²) in [6.45, 7) is 2.94. The maximum Gasteiger partial charge on any atom is 0.324 e. The van der Waals surface area contributed by atoms with Crippen molar-refractivity contribution >= 4 is 11.7 Å². The third-order valence-corrected chi connectivity index (χ3v) is 3.14. The normalized spacial score (nSPS) is 15.6. The van der Waals surface area contributed by atoms with Gasteiger partial charge in [0.15, 0.2) is 0 Å². The molecule has 1 heterocycles. The molecule has 0 aliphatic carbocycles. The van der Waals surface area contributed by atoms with E-state index in [-0.39, 0.29) is 6.03 Å². The molecule has 0 spiro atoms. The van der Waals surface area contributed by atoms with Gasteiger partial charge in [-0.15, -0.1) is 0 Å². The van der Waals surface area contributed by atoms with Crippen molar-refractivity contribution in [1.29, 1.82) is 0 Å². The van der Waals surface area contributed by atoms with Crippen LogP contribution in [0.1, 0.15) is 5.56 Å². The minimum atomic E-state index is -0.000741. The zero-order chi connectivity index (χ0) is 13.0. The molecule has 1 aliphatic heterocycles. The van der Waals surface area contributed by atoms with Gasteiger partial charge in [0.2, 0.25) is 0 Å². The van der Waals surface area contributed by atoms with Crippen LogP contribution in [0.4, 0.5) is 10.5 Å². The Hall–Kier alpha value is -1.59. The van der Waals surface area contributed by atoms with E-state index in [9.17, 15) is 4.79 Å². The molecular formula is C13H19N3O2. The molecule has 1 aromatic carbocycles. The second-order valence-electron chi connectivity index (χ2n) is 4.27. The lowest BCUT2D eigenvalue weighted by atomic mass is 10.1. The molecule has 0 radical (unpaired) electrons. The molecule has 1 saturated heterocycles. The highest BCUT2D eigenvalue weighted by atomic mass is 16.5. The molecule has 2 amide bonds. The molecule has 0 atom stereocenters. The lowest BCUT2D eigenvalue weighted by molar-refractivity contribution is 0.0551. The van der Waals surface area contributed by atoms with Gasteiger partial charge in [-0.3, -0.25) is 4.90 Å². The first-order valence-electron chi connectivity index (χ1n) is 6.12. The number of nitrogens with two attached hydrogens (primary N) is 1. The van der Waals surface area contributed by atoms with Crippen molar-refractivity contribution in [1.82, 2.24) is 4.90 Å². The molecule has 0 aromatic heterocycles. The number of nitrogens with zero attached hydrogens (tertiary/aromatic N) is 2. The molecule has 0 bridgehead atoms. The van der Waals surface area contributed by atoms with Crippen molar-refractivity contribution < 1.29 is 9.53 Å². The van der Waals surface area contributed by atoms with Gasteiger partial charge in [-0.1, -0.05) is 18.2 Å². The number of hydrogen-bond acceptors (Lipinski definition) is 3. The van der Waals surface area contributed by atoms with E-state index in [1.54, 1.807) is 16.8 Å². The Kier molecular flexibility index (Phi) is 4.17. The van der Waals surface area contributed by atoms with Gasteiger partial charge in [0.05, 0.1) is 13.2 Å². The van der Waals surface area contributed by atoms with Crippen LogP contribution in [0.25, 0.3) is 0 Å². The van der Waals surface area contributed by atoms with Crippen LogP contribution in [0.3, 0.4) is 0 Å². The molecule has 1 aromatic rings. The van der Waals surface area contributed by atoms with Crippen LogP contribution < -0.4 is 10.6 Å². The van der Waals surface area contributed by atoms with Crippen LogP contribution in [-0.4, -0.2) is 44.3 Å². The predicted octanol–water partition coefficient (Wildman–Crippen LogP) is 1.03. The molecule has 2 N–H and O–H groups in total. The zero-order valence-electron chi connectivity index (χ0n) is 10.6. The molecule has 18 heavy (non-hydrogen) atoms. The summed E-state index contributed by atoms with van der Waals surface area (Å²) in [7, 11) is 1.78. The van der Waals surface area contributed by atoms with Crippen molar-refractivity contribution in [3.63, 3.8) is 0 Å². The number of benzene rings is 1. The van der Waals surface area contributed by atoms with Gasteiger partial charge < -0.3 is 15.4 Å². The largest absolute Gasteiger partial charge is 0.378 e. The number of carbonyl (C=O) groups excluding carboxylic acids is 1. The van der Waals surface area contributed by atoms with Gasteiger partial charge in [-0.25, -0.2) is 4.79 Å². The first kappa shape index (κ1) is 12.9. The molecular weight excluding hydrogens is 230 g/mol. The fraction of sp³-hybridized carbons (Fsp3) is 0.462. The third-order valence-electron chi connectivity index (χ3n) is 3.14. The van der Waals surface area contributed by atoms with E-state index in [2.05, 4.69) is 0 Å². The highest BCUT2D eigenvalue weighted by Crippen LogP contribution is 2.20. The highest BCUT2D eigenvalue weighted by molar-refractivity contribution is 5.92. The van der Waals surface area contributed by atoms with E-state index in [4.69, 9.17) is 10.5 Å². The smallest absolute Gasteiger partial charge is 0.324 e. The first-order valence-corrected chi connectivity index (χ1v) is 6.12. The topological polar surface area (TPSA) is 58.8 Å². The fourth-order valence-electron chi connectivity index (χ4n) is 2.08. The van der Waals surface area contributed by atoms with E-state index in [1.807, 2.05) is 24.3 Å². The number of ether oxygens (including phenoxy) is 1. The second-order valence-corrected chi connectivity index (χ2v) is 4.27. The molecule has 5 nitrogen and oxygen atoms in total. The van der Waals surface area contributed by atoms with Crippen LogP contribution in [0, 0.1) is 0 Å². The molecule has 0 saturated carbocycles. The maximum atomic E-state index is 12.3. The minimum Gasteiger partial charge on any atom is -0.378 e. The minimum absolute atomic E-state index is 0.000741. The Morgan fingerprint density at radius 1 is 1.39 bits per heavy atom. The molecule has 1 aliphatic rings. The van der Waals surface area contributed by atoms with Gasteiger partial charge in [0, 0.05) is 32.4 Å². The summed E-state index contributed by atoms with van der Waals surface area (Å²) in [6.07, 6.45) is 0. The molecule has 1 fully saturated rings. The summed E-state index contributed by atoms with van der Waals surface area (Å²) >= 11 is 0. The van der Waals surface area contributed by atoms with Gasteiger partial charge in [-0.2, -0.15) is 0 Å². The van der Waals surface area contributed by atoms with Crippen molar-refractivity contribution in [2.75, 3.05) is 38.3 Å². The van der Waals surface area contributed by atoms with Gasteiger partial charge in [0.1, 0.15) is 0 Å². The van der Waals surface area contributed by atoms with Crippen molar-refractivity contribution in [3.8, 4) is 0 Å². The van der Waals surface area contributed by atoms with Gasteiger partial charge in [0.25, 0.3) is 0 Å². The van der Waals surface area contributed by atoms with Crippen LogP contribution in [0.15, 0.2) is 24.3 Å².